The van der Waals surface area contributed by atoms with Crippen LogP contribution in [0.2, 0.25) is 0 Å². The molecule has 0 saturated heterocycles. The largest absolute Gasteiger partial charge is 0.490 e. The number of alkyl halides is 3. The van der Waals surface area contributed by atoms with E-state index in [0.717, 1.165) is 25.3 Å². The molecule has 4 rings (SSSR count). The minimum Gasteiger partial charge on any atom is -0.475 e. The fourth-order valence-electron chi connectivity index (χ4n) is 3.46. The maximum absolute atomic E-state index is 10.6. The topological polar surface area (TPSA) is 80.5 Å². The Labute approximate surface area is 187 Å². The number of aliphatic carboxylic acids is 1. The summed E-state index contributed by atoms with van der Waals surface area (Å²) in [4.78, 5) is 12.7. The first-order chi connectivity index (χ1) is 15.2. The van der Waals surface area contributed by atoms with Crippen molar-refractivity contribution in [1.29, 1.82) is 0 Å². The number of nitrogens with zero attached hydrogens (tertiary/aromatic N) is 4. The van der Waals surface area contributed by atoms with E-state index >= 15 is 0 Å². The highest BCUT2D eigenvalue weighted by molar-refractivity contribution is 7.09. The number of carboxylic acids is 1. The Morgan fingerprint density at radius 3 is 2.59 bits per heavy atom. The van der Waals surface area contributed by atoms with Gasteiger partial charge in [-0.15, -0.1) is 16.4 Å². The van der Waals surface area contributed by atoms with Crippen LogP contribution in [-0.2, 0) is 36.3 Å². The number of rotatable bonds is 6. The summed E-state index contributed by atoms with van der Waals surface area (Å²) in [5.74, 6) is -2.46. The minimum atomic E-state index is -5.08. The van der Waals surface area contributed by atoms with Crippen molar-refractivity contribution in [3.63, 3.8) is 0 Å². The molecule has 3 heterocycles. The molecule has 1 unspecified atom stereocenters. The van der Waals surface area contributed by atoms with Crippen molar-refractivity contribution in [2.75, 3.05) is 13.2 Å². The number of fused-ring (bicyclic) bond motifs is 1. The average molecular weight is 469 g/mol. The second kappa shape index (κ2) is 10.7. The van der Waals surface area contributed by atoms with Crippen LogP contribution in [0.4, 0.5) is 13.2 Å². The fourth-order valence-corrected chi connectivity index (χ4v) is 4.21. The molecular formula is C21H23F3N4O3S. The average Bonchev–Trinajstić information content (AvgIpc) is 3.38. The lowest BCUT2D eigenvalue weighted by molar-refractivity contribution is -0.192. The number of hydrogen-bond donors (Lipinski definition) is 1. The summed E-state index contributed by atoms with van der Waals surface area (Å²) in [5.41, 5.74) is 3.51. The molecule has 0 aliphatic carbocycles. The number of carbonyl (C=O) groups is 1. The molecular weight excluding hydrogens is 445 g/mol. The first-order valence-corrected chi connectivity index (χ1v) is 10.7. The molecule has 0 amide bonds. The van der Waals surface area contributed by atoms with E-state index < -0.39 is 12.1 Å². The zero-order chi connectivity index (χ0) is 23.1. The van der Waals surface area contributed by atoms with Gasteiger partial charge in [0.05, 0.1) is 18.9 Å². The van der Waals surface area contributed by atoms with E-state index in [9.17, 15) is 13.2 Å². The first-order valence-electron chi connectivity index (χ1n) is 9.79. The van der Waals surface area contributed by atoms with Gasteiger partial charge in [-0.25, -0.2) is 4.79 Å². The molecule has 0 radical (unpaired) electrons. The number of halogens is 3. The Morgan fingerprint density at radius 1 is 1.25 bits per heavy atom. The molecule has 2 aromatic heterocycles. The lowest BCUT2D eigenvalue weighted by atomic mass is 9.99. The van der Waals surface area contributed by atoms with Crippen molar-refractivity contribution in [3.8, 4) is 0 Å². The summed E-state index contributed by atoms with van der Waals surface area (Å²) >= 11 is 1.81. The van der Waals surface area contributed by atoms with E-state index in [-0.39, 0.29) is 0 Å². The molecule has 7 nitrogen and oxygen atoms in total. The van der Waals surface area contributed by atoms with E-state index in [1.165, 1.54) is 16.1 Å². The number of carboxylic acid groups (broad SMARTS) is 1. The molecule has 0 spiro atoms. The van der Waals surface area contributed by atoms with E-state index in [2.05, 4.69) is 44.9 Å². The summed E-state index contributed by atoms with van der Waals surface area (Å²) in [6.07, 6.45) is -5.08. The Hall–Kier alpha value is -2.76. The van der Waals surface area contributed by atoms with Gasteiger partial charge >= 0.3 is 12.1 Å². The third kappa shape index (κ3) is 6.62. The predicted molar refractivity (Wildman–Crippen MR) is 112 cm³/mol. The molecule has 172 valence electrons. The molecule has 0 bridgehead atoms. The van der Waals surface area contributed by atoms with Crippen LogP contribution in [-0.4, -0.2) is 50.3 Å². The van der Waals surface area contributed by atoms with Crippen LogP contribution in [0, 0.1) is 0 Å². The molecule has 32 heavy (non-hydrogen) atoms. The Balaban J connectivity index is 0.000000360. The van der Waals surface area contributed by atoms with Gasteiger partial charge in [0.1, 0.15) is 5.69 Å². The van der Waals surface area contributed by atoms with Crippen LogP contribution in [0.1, 0.15) is 27.7 Å². The van der Waals surface area contributed by atoms with E-state index in [1.54, 1.807) is 11.3 Å². The van der Waals surface area contributed by atoms with Gasteiger partial charge in [-0.1, -0.05) is 41.6 Å². The predicted octanol–water partition coefficient (Wildman–Crippen LogP) is 3.83. The third-order valence-corrected chi connectivity index (χ3v) is 5.68. The highest BCUT2D eigenvalue weighted by Gasteiger charge is 2.38. The van der Waals surface area contributed by atoms with Gasteiger partial charge in [0.2, 0.25) is 0 Å². The Morgan fingerprint density at radius 2 is 1.97 bits per heavy atom. The molecule has 1 aliphatic heterocycles. The summed E-state index contributed by atoms with van der Waals surface area (Å²) in [5, 5.41) is 17.9. The second-order valence-electron chi connectivity index (χ2n) is 7.29. The number of benzene rings is 1. The van der Waals surface area contributed by atoms with Crippen molar-refractivity contribution < 1.29 is 27.8 Å². The molecule has 1 N–H and O–H groups in total. The van der Waals surface area contributed by atoms with Gasteiger partial charge in [-0.05, 0) is 17.0 Å². The van der Waals surface area contributed by atoms with Crippen LogP contribution in [0.15, 0.2) is 47.8 Å². The van der Waals surface area contributed by atoms with E-state index in [1.807, 2.05) is 29.9 Å². The third-order valence-electron chi connectivity index (χ3n) is 4.82. The molecule has 1 atom stereocenters. The van der Waals surface area contributed by atoms with Crippen molar-refractivity contribution >= 4 is 17.3 Å². The Bertz CT molecular complexity index is 994. The molecule has 11 heteroatoms. The maximum Gasteiger partial charge on any atom is 0.490 e. The summed E-state index contributed by atoms with van der Waals surface area (Å²) < 4.78 is 39.7. The van der Waals surface area contributed by atoms with Crippen molar-refractivity contribution in [2.45, 2.75) is 31.8 Å². The smallest absolute Gasteiger partial charge is 0.475 e. The zero-order valence-electron chi connectivity index (χ0n) is 17.3. The SMILES string of the molecule is Cn1nnc2c1C(COCc1ccccc1)CN(Cc1cccs1)C2.O=C(O)C(F)(F)F. The standard InChI is InChI=1S/C19H22N4OS.C2HF3O2/c1-22-19-16(14-24-13-15-6-3-2-4-7-15)10-23(12-18(19)20-21-22)11-17-8-5-9-25-17;3-2(4,5)1(6)7/h2-9,16H,10-14H2,1H3;(H,6,7). The van der Waals surface area contributed by atoms with Crippen molar-refractivity contribution in [1.82, 2.24) is 19.9 Å². The quantitative estimate of drug-likeness (QED) is 0.592. The van der Waals surface area contributed by atoms with Crippen molar-refractivity contribution in [3.05, 3.63) is 69.7 Å². The highest BCUT2D eigenvalue weighted by atomic mass is 32.1. The van der Waals surface area contributed by atoms with Crippen LogP contribution in [0.5, 0.6) is 0 Å². The normalized spacial score (nSPS) is 16.2. The van der Waals surface area contributed by atoms with Gasteiger partial charge < -0.3 is 9.84 Å². The van der Waals surface area contributed by atoms with Gasteiger partial charge in [-0.3, -0.25) is 9.58 Å². The first kappa shape index (κ1) is 23.9. The fraction of sp³-hybridized carbons (Fsp3) is 0.381. The number of aryl methyl sites for hydroxylation is 1. The van der Waals surface area contributed by atoms with Crippen LogP contribution >= 0.6 is 11.3 Å². The Kier molecular flexibility index (Phi) is 7.99. The van der Waals surface area contributed by atoms with Crippen LogP contribution in [0.3, 0.4) is 0 Å². The lowest BCUT2D eigenvalue weighted by Crippen LogP contribution is -2.35. The monoisotopic (exact) mass is 468 g/mol. The summed E-state index contributed by atoms with van der Waals surface area (Å²) in [6, 6.07) is 14.6. The molecule has 3 aromatic rings. The van der Waals surface area contributed by atoms with E-state index in [0.29, 0.717) is 19.1 Å². The summed E-state index contributed by atoms with van der Waals surface area (Å²) in [7, 11) is 1.98. The van der Waals surface area contributed by atoms with Gasteiger partial charge in [0.25, 0.3) is 0 Å². The van der Waals surface area contributed by atoms with Gasteiger partial charge in [0, 0.05) is 37.5 Å². The highest BCUT2D eigenvalue weighted by Crippen LogP contribution is 2.28. The van der Waals surface area contributed by atoms with Gasteiger partial charge in [-0.2, -0.15) is 13.2 Å². The van der Waals surface area contributed by atoms with Gasteiger partial charge in [0.15, 0.2) is 0 Å². The molecule has 0 fully saturated rings. The van der Waals surface area contributed by atoms with Crippen LogP contribution < -0.4 is 0 Å². The summed E-state index contributed by atoms with van der Waals surface area (Å²) in [6.45, 7) is 4.12. The van der Waals surface area contributed by atoms with Crippen LogP contribution in [0.25, 0.3) is 0 Å². The maximum atomic E-state index is 10.6. The number of thiophene rings is 1. The zero-order valence-corrected chi connectivity index (χ0v) is 18.1. The number of aromatic nitrogens is 3. The number of ether oxygens (including phenoxy) is 1. The molecule has 0 saturated carbocycles. The number of hydrogen-bond acceptors (Lipinski definition) is 6. The lowest BCUT2D eigenvalue weighted by Gasteiger charge is -2.31. The molecule has 1 aliphatic rings. The van der Waals surface area contributed by atoms with Crippen molar-refractivity contribution in [2.24, 2.45) is 7.05 Å². The second-order valence-corrected chi connectivity index (χ2v) is 8.33. The minimum absolute atomic E-state index is 0.299. The molecule has 1 aromatic carbocycles. The van der Waals surface area contributed by atoms with E-state index in [4.69, 9.17) is 14.6 Å².